The molecule has 0 aliphatic heterocycles. The molecule has 68 valence electrons. The van der Waals surface area contributed by atoms with E-state index in [1.165, 1.54) is 24.8 Å². The number of carboxylic acids is 1. The number of carbonyl (C=O) groups excluding carboxylic acids is 1. The lowest BCUT2D eigenvalue weighted by molar-refractivity contribution is -0.140. The van der Waals surface area contributed by atoms with Gasteiger partial charge in [-0.3, -0.25) is 4.79 Å². The summed E-state index contributed by atoms with van der Waals surface area (Å²) in [6, 6.07) is -0.921. The Bertz CT molecular complexity index is 203. The van der Waals surface area contributed by atoms with E-state index in [-0.39, 0.29) is 5.91 Å². The van der Waals surface area contributed by atoms with Gasteiger partial charge in [-0.2, -0.15) is 0 Å². The Morgan fingerprint density at radius 3 is 2.50 bits per heavy atom. The fraction of sp³-hybridized carbons (Fsp3) is 0.429. The van der Waals surface area contributed by atoms with Crippen molar-refractivity contribution in [2.45, 2.75) is 13.0 Å². The Labute approximate surface area is 75.0 Å². The van der Waals surface area contributed by atoms with Crippen LogP contribution < -0.4 is 5.32 Å². The van der Waals surface area contributed by atoms with Gasteiger partial charge in [0.1, 0.15) is 6.04 Å². The van der Waals surface area contributed by atoms with Gasteiger partial charge in [-0.25, -0.2) is 4.79 Å². The van der Waals surface area contributed by atoms with Crippen LogP contribution in [0.5, 0.6) is 0 Å². The van der Waals surface area contributed by atoms with E-state index in [1.807, 2.05) is 6.26 Å². The van der Waals surface area contributed by atoms with Crippen LogP contribution in [-0.2, 0) is 9.59 Å². The van der Waals surface area contributed by atoms with Gasteiger partial charge in [-0.15, -0.1) is 11.8 Å². The number of thioether (sulfide) groups is 1. The van der Waals surface area contributed by atoms with Crippen LogP contribution in [0.15, 0.2) is 11.5 Å². The molecule has 0 saturated heterocycles. The molecule has 1 amide bonds. The first-order valence-corrected chi connectivity index (χ1v) is 4.56. The minimum atomic E-state index is -1.06. The van der Waals surface area contributed by atoms with Crippen LogP contribution >= 0.6 is 11.8 Å². The summed E-state index contributed by atoms with van der Waals surface area (Å²) in [5.74, 6) is -1.41. The second-order valence-electron chi connectivity index (χ2n) is 2.08. The summed E-state index contributed by atoms with van der Waals surface area (Å²) in [4.78, 5) is 21.0. The first-order chi connectivity index (χ1) is 5.57. The van der Waals surface area contributed by atoms with Crippen molar-refractivity contribution in [3.63, 3.8) is 0 Å². The molecule has 0 bridgehead atoms. The average Bonchev–Trinajstić information content (AvgIpc) is 1.96. The molecule has 1 atom stereocenters. The van der Waals surface area contributed by atoms with E-state index in [2.05, 4.69) is 5.32 Å². The highest BCUT2D eigenvalue weighted by molar-refractivity contribution is 8.01. The van der Waals surface area contributed by atoms with Crippen molar-refractivity contribution in [1.29, 1.82) is 0 Å². The SMILES string of the molecule is CS/C=C\C(NC(C)=O)C(=O)O. The smallest absolute Gasteiger partial charge is 0.330 e. The van der Waals surface area contributed by atoms with Crippen LogP contribution in [0.2, 0.25) is 0 Å². The molecular formula is C7H11NO3S. The number of hydrogen-bond acceptors (Lipinski definition) is 3. The van der Waals surface area contributed by atoms with Gasteiger partial charge in [0.05, 0.1) is 0 Å². The first-order valence-electron chi connectivity index (χ1n) is 3.27. The molecule has 0 fully saturated rings. The van der Waals surface area contributed by atoms with Crippen molar-refractivity contribution in [2.75, 3.05) is 6.26 Å². The fourth-order valence-corrected chi connectivity index (χ4v) is 0.883. The van der Waals surface area contributed by atoms with Crippen LogP contribution in [0.3, 0.4) is 0 Å². The monoisotopic (exact) mass is 189 g/mol. The van der Waals surface area contributed by atoms with Crippen LogP contribution in [-0.4, -0.2) is 29.3 Å². The minimum Gasteiger partial charge on any atom is -0.479 e. The number of nitrogens with one attached hydrogen (secondary N) is 1. The number of rotatable bonds is 4. The molecule has 1 unspecified atom stereocenters. The number of aliphatic carboxylic acids is 1. The van der Waals surface area contributed by atoms with Gasteiger partial charge in [0, 0.05) is 6.92 Å². The lowest BCUT2D eigenvalue weighted by Gasteiger charge is -2.06. The molecule has 2 N–H and O–H groups in total. The van der Waals surface area contributed by atoms with Crippen molar-refractivity contribution in [3.05, 3.63) is 11.5 Å². The molecule has 0 aliphatic rings. The molecule has 0 aromatic rings. The largest absolute Gasteiger partial charge is 0.479 e. The number of hydrogen-bond donors (Lipinski definition) is 2. The van der Waals surface area contributed by atoms with Crippen LogP contribution in [0, 0.1) is 0 Å². The summed E-state index contributed by atoms with van der Waals surface area (Å²) in [7, 11) is 0. The highest BCUT2D eigenvalue weighted by Crippen LogP contribution is 1.96. The van der Waals surface area contributed by atoms with Gasteiger partial charge in [-0.05, 0) is 17.7 Å². The van der Waals surface area contributed by atoms with Gasteiger partial charge in [-0.1, -0.05) is 0 Å². The van der Waals surface area contributed by atoms with E-state index < -0.39 is 12.0 Å². The van der Waals surface area contributed by atoms with Crippen molar-refractivity contribution in [2.24, 2.45) is 0 Å². The molecule has 4 nitrogen and oxygen atoms in total. The van der Waals surface area contributed by atoms with Gasteiger partial charge in [0.15, 0.2) is 0 Å². The third-order valence-electron chi connectivity index (χ3n) is 1.03. The molecular weight excluding hydrogens is 178 g/mol. The van der Waals surface area contributed by atoms with E-state index in [1.54, 1.807) is 5.41 Å². The maximum atomic E-state index is 10.5. The molecule has 5 heteroatoms. The molecule has 0 aromatic carbocycles. The molecule has 0 heterocycles. The molecule has 0 radical (unpaired) electrons. The quantitative estimate of drug-likeness (QED) is 0.674. The Morgan fingerprint density at radius 1 is 1.58 bits per heavy atom. The Kier molecular flexibility index (Phi) is 5.19. The van der Waals surface area contributed by atoms with Crippen molar-refractivity contribution < 1.29 is 14.7 Å². The van der Waals surface area contributed by atoms with Crippen molar-refractivity contribution >= 4 is 23.6 Å². The molecule has 12 heavy (non-hydrogen) atoms. The Balaban J connectivity index is 4.14. The van der Waals surface area contributed by atoms with E-state index in [0.717, 1.165) is 0 Å². The maximum absolute atomic E-state index is 10.5. The minimum absolute atomic E-state index is 0.354. The third-order valence-corrected chi connectivity index (χ3v) is 1.46. The average molecular weight is 189 g/mol. The topological polar surface area (TPSA) is 66.4 Å². The van der Waals surface area contributed by atoms with E-state index in [0.29, 0.717) is 0 Å². The summed E-state index contributed by atoms with van der Waals surface area (Å²) < 4.78 is 0. The normalized spacial score (nSPS) is 12.8. The van der Waals surface area contributed by atoms with Gasteiger partial charge >= 0.3 is 5.97 Å². The second-order valence-corrected chi connectivity index (χ2v) is 2.82. The highest BCUT2D eigenvalue weighted by Gasteiger charge is 2.13. The predicted octanol–water partition coefficient (Wildman–Crippen LogP) is 0.452. The summed E-state index contributed by atoms with van der Waals surface area (Å²) >= 11 is 1.38. The lowest BCUT2D eigenvalue weighted by Crippen LogP contribution is -2.37. The summed E-state index contributed by atoms with van der Waals surface area (Å²) in [5, 5.41) is 12.5. The summed E-state index contributed by atoms with van der Waals surface area (Å²) in [6.07, 6.45) is 3.23. The molecule has 0 saturated carbocycles. The fourth-order valence-electron chi connectivity index (χ4n) is 0.568. The van der Waals surface area contributed by atoms with E-state index >= 15 is 0 Å². The maximum Gasteiger partial charge on any atom is 0.330 e. The lowest BCUT2D eigenvalue weighted by atomic mass is 10.3. The van der Waals surface area contributed by atoms with Crippen molar-refractivity contribution in [3.8, 4) is 0 Å². The van der Waals surface area contributed by atoms with Crippen molar-refractivity contribution in [1.82, 2.24) is 5.32 Å². The number of carboxylic acid groups (broad SMARTS) is 1. The predicted molar refractivity (Wildman–Crippen MR) is 47.9 cm³/mol. The summed E-state index contributed by atoms with van der Waals surface area (Å²) in [6.45, 7) is 1.28. The van der Waals surface area contributed by atoms with E-state index in [4.69, 9.17) is 5.11 Å². The zero-order valence-electron chi connectivity index (χ0n) is 6.90. The molecule has 0 aliphatic carbocycles. The van der Waals surface area contributed by atoms with Gasteiger partial charge in [0.25, 0.3) is 0 Å². The van der Waals surface area contributed by atoms with E-state index in [9.17, 15) is 9.59 Å². The Hall–Kier alpha value is -0.970. The highest BCUT2D eigenvalue weighted by atomic mass is 32.2. The zero-order chi connectivity index (χ0) is 9.56. The van der Waals surface area contributed by atoms with Crippen LogP contribution in [0.4, 0.5) is 0 Å². The van der Waals surface area contributed by atoms with Crippen LogP contribution in [0.25, 0.3) is 0 Å². The van der Waals surface area contributed by atoms with Gasteiger partial charge in [0.2, 0.25) is 5.91 Å². The number of amides is 1. The standard InChI is InChI=1S/C7H11NO3S/c1-5(9)8-6(7(10)11)3-4-12-2/h3-4,6H,1-2H3,(H,8,9)(H,10,11)/b4-3-. The zero-order valence-corrected chi connectivity index (χ0v) is 7.72. The third kappa shape index (κ3) is 4.79. The Morgan fingerprint density at radius 2 is 2.17 bits per heavy atom. The molecule has 0 rings (SSSR count). The molecule has 0 aromatic heterocycles. The van der Waals surface area contributed by atoms with Crippen LogP contribution in [0.1, 0.15) is 6.92 Å². The molecule has 0 spiro atoms. The number of carbonyl (C=O) groups is 2. The first kappa shape index (κ1) is 11.0. The second kappa shape index (κ2) is 5.65. The van der Waals surface area contributed by atoms with Gasteiger partial charge < -0.3 is 10.4 Å². The summed E-state index contributed by atoms with van der Waals surface area (Å²) in [5.41, 5.74) is 0.